The largest absolute Gasteiger partial charge is 0.497 e. The Morgan fingerprint density at radius 3 is 2.72 bits per heavy atom. The van der Waals surface area contributed by atoms with Gasteiger partial charge in [0.25, 0.3) is 0 Å². The minimum absolute atomic E-state index is 0.355. The molecule has 0 spiro atoms. The molecule has 1 N–H and O–H groups in total. The first kappa shape index (κ1) is 17.2. The summed E-state index contributed by atoms with van der Waals surface area (Å²) < 4.78 is 12.5. The molecule has 0 aliphatic heterocycles. The highest BCUT2D eigenvalue weighted by Gasteiger charge is 2.11. The highest BCUT2D eigenvalue weighted by atomic mass is 35.5. The molecule has 0 saturated carbocycles. The van der Waals surface area contributed by atoms with E-state index in [0.29, 0.717) is 27.1 Å². The van der Waals surface area contributed by atoms with Gasteiger partial charge >= 0.3 is 0 Å². The number of halogens is 1. The maximum atomic E-state index is 6.25. The molecule has 2 aromatic carbocycles. The molecule has 6 nitrogen and oxygen atoms in total. The van der Waals surface area contributed by atoms with Gasteiger partial charge in [0.2, 0.25) is 4.77 Å². The third-order valence-corrected chi connectivity index (χ3v) is 4.11. The van der Waals surface area contributed by atoms with E-state index in [-0.39, 0.29) is 0 Å². The molecule has 1 aromatic heterocycles. The van der Waals surface area contributed by atoms with Crippen LogP contribution < -0.4 is 9.47 Å². The lowest BCUT2D eigenvalue weighted by atomic mass is 10.2. The number of rotatable bonds is 5. The quantitative estimate of drug-likeness (QED) is 0.538. The van der Waals surface area contributed by atoms with Crippen LogP contribution in [-0.2, 0) is 0 Å². The molecule has 3 rings (SSSR count). The molecule has 0 fully saturated rings. The summed E-state index contributed by atoms with van der Waals surface area (Å²) in [6.07, 6.45) is 1.63. The number of hydrogen-bond acceptors (Lipinski definition) is 5. The SMILES string of the molecule is COc1ccc(OC)c(/C=N\n2c(-c3ccccc3Cl)n[nH]c2=S)c1. The van der Waals surface area contributed by atoms with E-state index < -0.39 is 0 Å². The van der Waals surface area contributed by atoms with E-state index in [1.165, 1.54) is 4.68 Å². The van der Waals surface area contributed by atoms with Crippen molar-refractivity contribution < 1.29 is 9.47 Å². The van der Waals surface area contributed by atoms with Crippen molar-refractivity contribution in [2.45, 2.75) is 0 Å². The normalized spacial score (nSPS) is 11.0. The molecular formula is C17H15ClN4O2S. The molecule has 3 aromatic rings. The molecule has 1 heterocycles. The van der Waals surface area contributed by atoms with Crippen molar-refractivity contribution in [1.29, 1.82) is 0 Å². The zero-order valence-corrected chi connectivity index (χ0v) is 15.1. The van der Waals surface area contributed by atoms with Crippen LogP contribution in [0, 0.1) is 4.77 Å². The summed E-state index contributed by atoms with van der Waals surface area (Å²) in [5, 5.41) is 12.0. The van der Waals surface area contributed by atoms with Crippen molar-refractivity contribution in [3.8, 4) is 22.9 Å². The van der Waals surface area contributed by atoms with E-state index in [9.17, 15) is 0 Å². The summed E-state index contributed by atoms with van der Waals surface area (Å²) in [5.41, 5.74) is 1.47. The average Bonchev–Trinajstić information content (AvgIpc) is 3.00. The van der Waals surface area contributed by atoms with Crippen LogP contribution in [0.15, 0.2) is 47.6 Å². The summed E-state index contributed by atoms with van der Waals surface area (Å²) in [5.74, 6) is 1.89. The Bertz CT molecular complexity index is 981. The van der Waals surface area contributed by atoms with E-state index in [4.69, 9.17) is 33.3 Å². The van der Waals surface area contributed by atoms with Crippen LogP contribution in [0.2, 0.25) is 5.02 Å². The second-order valence-electron chi connectivity index (χ2n) is 5.00. The number of aromatic amines is 1. The van der Waals surface area contributed by atoms with Crippen molar-refractivity contribution >= 4 is 30.0 Å². The highest BCUT2D eigenvalue weighted by molar-refractivity contribution is 7.71. The predicted molar refractivity (Wildman–Crippen MR) is 100 cm³/mol. The van der Waals surface area contributed by atoms with Crippen molar-refractivity contribution in [2.75, 3.05) is 14.2 Å². The second-order valence-corrected chi connectivity index (χ2v) is 5.79. The van der Waals surface area contributed by atoms with E-state index in [0.717, 1.165) is 11.1 Å². The summed E-state index contributed by atoms with van der Waals surface area (Å²) in [4.78, 5) is 0. The number of ether oxygens (including phenoxy) is 2. The van der Waals surface area contributed by atoms with Gasteiger partial charge in [-0.3, -0.25) is 0 Å². The van der Waals surface area contributed by atoms with E-state index in [1.54, 1.807) is 26.5 Å². The lowest BCUT2D eigenvalue weighted by Crippen LogP contribution is -1.97. The zero-order chi connectivity index (χ0) is 17.8. The van der Waals surface area contributed by atoms with E-state index in [2.05, 4.69) is 15.3 Å². The monoisotopic (exact) mass is 374 g/mol. The molecule has 0 aliphatic rings. The Hall–Kier alpha value is -2.64. The van der Waals surface area contributed by atoms with E-state index in [1.807, 2.05) is 36.4 Å². The molecule has 0 saturated heterocycles. The zero-order valence-electron chi connectivity index (χ0n) is 13.6. The smallest absolute Gasteiger partial charge is 0.216 e. The van der Waals surface area contributed by atoms with Crippen LogP contribution in [0.5, 0.6) is 11.5 Å². The second kappa shape index (κ2) is 7.50. The predicted octanol–water partition coefficient (Wildman–Crippen LogP) is 4.16. The lowest BCUT2D eigenvalue weighted by Gasteiger charge is -2.07. The van der Waals surface area contributed by atoms with E-state index >= 15 is 0 Å². The Kier molecular flexibility index (Phi) is 5.16. The summed E-state index contributed by atoms with van der Waals surface area (Å²) >= 11 is 11.5. The molecule has 25 heavy (non-hydrogen) atoms. The van der Waals surface area contributed by atoms with Crippen molar-refractivity contribution in [3.05, 3.63) is 57.8 Å². The maximum absolute atomic E-state index is 6.25. The van der Waals surface area contributed by atoms with Gasteiger partial charge in [-0.2, -0.15) is 14.9 Å². The fraction of sp³-hybridized carbons (Fsp3) is 0.118. The van der Waals surface area contributed by atoms with Crippen molar-refractivity contribution in [1.82, 2.24) is 14.9 Å². The third kappa shape index (κ3) is 3.57. The van der Waals surface area contributed by atoms with Gasteiger partial charge in [-0.15, -0.1) is 0 Å². The molecule has 0 radical (unpaired) electrons. The Morgan fingerprint density at radius 1 is 1.20 bits per heavy atom. The molecule has 0 atom stereocenters. The van der Waals surface area contributed by atoms with Crippen molar-refractivity contribution in [2.24, 2.45) is 5.10 Å². The van der Waals surface area contributed by atoms with Gasteiger partial charge < -0.3 is 9.47 Å². The van der Waals surface area contributed by atoms with Crippen LogP contribution in [0.3, 0.4) is 0 Å². The van der Waals surface area contributed by atoms with Crippen LogP contribution in [0.25, 0.3) is 11.4 Å². The third-order valence-electron chi connectivity index (χ3n) is 3.51. The molecule has 0 bridgehead atoms. The van der Waals surface area contributed by atoms with Crippen LogP contribution in [0.1, 0.15) is 5.56 Å². The summed E-state index contributed by atoms with van der Waals surface area (Å²) in [6, 6.07) is 12.8. The fourth-order valence-electron chi connectivity index (χ4n) is 2.28. The first-order valence-electron chi connectivity index (χ1n) is 7.32. The fourth-order valence-corrected chi connectivity index (χ4v) is 2.68. The Morgan fingerprint density at radius 2 is 2.00 bits per heavy atom. The number of hydrogen-bond donors (Lipinski definition) is 1. The molecule has 0 unspecified atom stereocenters. The first-order valence-corrected chi connectivity index (χ1v) is 8.11. The number of methoxy groups -OCH3 is 2. The van der Waals surface area contributed by atoms with Crippen LogP contribution in [0.4, 0.5) is 0 Å². The number of nitrogens with zero attached hydrogens (tertiary/aromatic N) is 3. The van der Waals surface area contributed by atoms with Crippen molar-refractivity contribution in [3.63, 3.8) is 0 Å². The molecule has 128 valence electrons. The molecule has 8 heteroatoms. The van der Waals surface area contributed by atoms with Crippen LogP contribution >= 0.6 is 23.8 Å². The topological polar surface area (TPSA) is 64.4 Å². The lowest BCUT2D eigenvalue weighted by molar-refractivity contribution is 0.402. The Labute approximate surface area is 154 Å². The number of nitrogens with one attached hydrogen (secondary N) is 1. The van der Waals surface area contributed by atoms with Gasteiger partial charge in [0, 0.05) is 11.1 Å². The van der Waals surface area contributed by atoms with Gasteiger partial charge in [-0.1, -0.05) is 23.7 Å². The summed E-state index contributed by atoms with van der Waals surface area (Å²) in [6.45, 7) is 0. The molecular weight excluding hydrogens is 360 g/mol. The molecule has 0 aliphatic carbocycles. The van der Waals surface area contributed by atoms with Gasteiger partial charge in [-0.05, 0) is 42.5 Å². The molecule has 0 amide bonds. The number of benzene rings is 2. The minimum atomic E-state index is 0.355. The van der Waals surface area contributed by atoms with Gasteiger partial charge in [0.05, 0.1) is 25.5 Å². The number of H-pyrrole nitrogens is 1. The van der Waals surface area contributed by atoms with Gasteiger partial charge in [0.15, 0.2) is 5.82 Å². The average molecular weight is 375 g/mol. The first-order chi connectivity index (χ1) is 12.1. The number of aromatic nitrogens is 3. The highest BCUT2D eigenvalue weighted by Crippen LogP contribution is 2.26. The van der Waals surface area contributed by atoms with Gasteiger partial charge in [0.1, 0.15) is 11.5 Å². The van der Waals surface area contributed by atoms with Crippen LogP contribution in [-0.4, -0.2) is 35.3 Å². The minimum Gasteiger partial charge on any atom is -0.497 e. The maximum Gasteiger partial charge on any atom is 0.216 e. The summed E-state index contributed by atoms with van der Waals surface area (Å²) in [7, 11) is 3.20. The standard InChI is InChI=1S/C17H15ClN4O2S/c1-23-12-7-8-15(24-2)11(9-12)10-19-22-16(20-21-17(22)25)13-5-3-4-6-14(13)18/h3-10H,1-2H3,(H,21,25)/b19-10-. The Balaban J connectivity index is 2.05. The van der Waals surface area contributed by atoms with Gasteiger partial charge in [-0.25, -0.2) is 5.10 Å².